The van der Waals surface area contributed by atoms with Crippen molar-refractivity contribution in [2.45, 2.75) is 6.54 Å². The Morgan fingerprint density at radius 1 is 1.27 bits per heavy atom. The van der Waals surface area contributed by atoms with Crippen LogP contribution in [-0.4, -0.2) is 12.0 Å². The number of benzene rings is 1. The van der Waals surface area contributed by atoms with Gasteiger partial charge in [0.1, 0.15) is 0 Å². The van der Waals surface area contributed by atoms with Crippen LogP contribution in [0.25, 0.3) is 0 Å². The highest BCUT2D eigenvalue weighted by molar-refractivity contribution is 5.55. The maximum Gasteiger partial charge on any atom is 0.0576 e. The first kappa shape index (κ1) is 9.65. The minimum absolute atomic E-state index is 0.797. The van der Waals surface area contributed by atoms with Crippen molar-refractivity contribution in [3.8, 4) is 0 Å². The molecule has 0 unspecified atom stereocenters. The molecule has 3 N–H and O–H groups in total. The summed E-state index contributed by atoms with van der Waals surface area (Å²) in [6, 6.07) is 12.0. The van der Waals surface area contributed by atoms with E-state index in [2.05, 4.69) is 29.1 Å². The fraction of sp³-hybridized carbons (Fsp3) is 0.167. The first-order chi connectivity index (χ1) is 7.25. The Kier molecular flexibility index (Phi) is 2.63. The van der Waals surface area contributed by atoms with Gasteiger partial charge in [0, 0.05) is 30.3 Å². The molecule has 0 saturated carbocycles. The molecule has 2 rings (SSSR count). The summed E-state index contributed by atoms with van der Waals surface area (Å²) in [5, 5.41) is 0. The molecule has 0 atom stereocenters. The van der Waals surface area contributed by atoms with Gasteiger partial charge in [-0.3, -0.25) is 0 Å². The SMILES string of the molecule is CN(Cc1ccc[nH]1)c1cccc(N)c1. The lowest BCUT2D eigenvalue weighted by atomic mass is 10.2. The van der Waals surface area contributed by atoms with Crippen molar-refractivity contribution >= 4 is 11.4 Å². The lowest BCUT2D eigenvalue weighted by molar-refractivity contribution is 0.895. The predicted molar refractivity (Wildman–Crippen MR) is 63.8 cm³/mol. The number of nitrogens with one attached hydrogen (secondary N) is 1. The predicted octanol–water partition coefficient (Wildman–Crippen LogP) is 2.23. The monoisotopic (exact) mass is 201 g/mol. The van der Waals surface area contributed by atoms with Gasteiger partial charge in [-0.25, -0.2) is 0 Å². The molecule has 1 heterocycles. The second-order valence-corrected chi connectivity index (χ2v) is 3.65. The Labute approximate surface area is 89.5 Å². The van der Waals surface area contributed by atoms with Crippen LogP contribution in [0.5, 0.6) is 0 Å². The largest absolute Gasteiger partial charge is 0.399 e. The van der Waals surface area contributed by atoms with Crippen molar-refractivity contribution in [3.05, 3.63) is 48.3 Å². The smallest absolute Gasteiger partial charge is 0.0576 e. The molecule has 0 aliphatic rings. The summed E-state index contributed by atoms with van der Waals surface area (Å²) >= 11 is 0. The van der Waals surface area contributed by atoms with E-state index in [4.69, 9.17) is 5.73 Å². The molecule has 0 spiro atoms. The van der Waals surface area contributed by atoms with Gasteiger partial charge in [-0.1, -0.05) is 6.07 Å². The second-order valence-electron chi connectivity index (χ2n) is 3.65. The van der Waals surface area contributed by atoms with Gasteiger partial charge in [0.05, 0.1) is 6.54 Å². The third kappa shape index (κ3) is 2.31. The summed E-state index contributed by atoms with van der Waals surface area (Å²) in [6.45, 7) is 0.858. The van der Waals surface area contributed by atoms with Gasteiger partial charge in [-0.2, -0.15) is 0 Å². The first-order valence-corrected chi connectivity index (χ1v) is 4.94. The number of anilines is 2. The highest BCUT2D eigenvalue weighted by Crippen LogP contribution is 2.17. The molecule has 1 aromatic heterocycles. The van der Waals surface area contributed by atoms with E-state index in [-0.39, 0.29) is 0 Å². The van der Waals surface area contributed by atoms with Crippen LogP contribution in [-0.2, 0) is 6.54 Å². The number of hydrogen-bond donors (Lipinski definition) is 2. The van der Waals surface area contributed by atoms with Crippen molar-refractivity contribution < 1.29 is 0 Å². The van der Waals surface area contributed by atoms with Gasteiger partial charge >= 0.3 is 0 Å². The van der Waals surface area contributed by atoms with Gasteiger partial charge in [-0.05, 0) is 30.3 Å². The zero-order chi connectivity index (χ0) is 10.7. The lowest BCUT2D eigenvalue weighted by Crippen LogP contribution is -2.16. The van der Waals surface area contributed by atoms with Crippen LogP contribution >= 0.6 is 0 Å². The van der Waals surface area contributed by atoms with E-state index in [1.54, 1.807) is 0 Å². The summed E-state index contributed by atoms with van der Waals surface area (Å²) in [4.78, 5) is 5.33. The average molecular weight is 201 g/mol. The Balaban J connectivity index is 2.11. The molecule has 15 heavy (non-hydrogen) atoms. The first-order valence-electron chi connectivity index (χ1n) is 4.94. The number of rotatable bonds is 3. The topological polar surface area (TPSA) is 45.0 Å². The van der Waals surface area contributed by atoms with Crippen molar-refractivity contribution in [2.75, 3.05) is 17.7 Å². The van der Waals surface area contributed by atoms with Crippen LogP contribution in [0.15, 0.2) is 42.6 Å². The highest BCUT2D eigenvalue weighted by atomic mass is 15.1. The highest BCUT2D eigenvalue weighted by Gasteiger charge is 2.02. The molecule has 0 aliphatic heterocycles. The molecule has 0 amide bonds. The van der Waals surface area contributed by atoms with E-state index < -0.39 is 0 Å². The quantitative estimate of drug-likeness (QED) is 0.748. The standard InChI is InChI=1S/C12H15N3/c1-15(9-11-5-3-7-14-11)12-6-2-4-10(13)8-12/h2-8,14H,9,13H2,1H3. The molecular formula is C12H15N3. The molecular weight excluding hydrogens is 186 g/mol. The minimum Gasteiger partial charge on any atom is -0.399 e. The van der Waals surface area contributed by atoms with Crippen molar-refractivity contribution in [3.63, 3.8) is 0 Å². The van der Waals surface area contributed by atoms with Crippen molar-refractivity contribution in [1.29, 1.82) is 0 Å². The second kappa shape index (κ2) is 4.09. The van der Waals surface area contributed by atoms with Gasteiger partial charge < -0.3 is 15.6 Å². The van der Waals surface area contributed by atoms with Gasteiger partial charge in [0.2, 0.25) is 0 Å². The fourth-order valence-corrected chi connectivity index (χ4v) is 1.57. The van der Waals surface area contributed by atoms with Gasteiger partial charge in [-0.15, -0.1) is 0 Å². The van der Waals surface area contributed by atoms with Crippen LogP contribution in [0.1, 0.15) is 5.69 Å². The number of nitrogens with zero attached hydrogens (tertiary/aromatic N) is 1. The molecule has 0 aliphatic carbocycles. The molecule has 1 aromatic carbocycles. The number of H-pyrrole nitrogens is 1. The molecule has 0 bridgehead atoms. The third-order valence-electron chi connectivity index (χ3n) is 2.38. The fourth-order valence-electron chi connectivity index (χ4n) is 1.57. The lowest BCUT2D eigenvalue weighted by Gasteiger charge is -2.18. The molecule has 3 nitrogen and oxygen atoms in total. The number of aromatic amines is 1. The Hall–Kier alpha value is -1.90. The normalized spacial score (nSPS) is 10.2. The number of nitrogens with two attached hydrogens (primary N) is 1. The van der Waals surface area contributed by atoms with E-state index >= 15 is 0 Å². The van der Waals surface area contributed by atoms with Crippen molar-refractivity contribution in [1.82, 2.24) is 4.98 Å². The molecule has 3 heteroatoms. The Morgan fingerprint density at radius 2 is 2.13 bits per heavy atom. The molecule has 0 saturated heterocycles. The van der Waals surface area contributed by atoms with E-state index in [0.717, 1.165) is 17.9 Å². The molecule has 0 radical (unpaired) electrons. The van der Waals surface area contributed by atoms with E-state index in [1.807, 2.05) is 30.5 Å². The van der Waals surface area contributed by atoms with E-state index in [0.29, 0.717) is 0 Å². The van der Waals surface area contributed by atoms with Crippen molar-refractivity contribution in [2.24, 2.45) is 0 Å². The number of nitrogen functional groups attached to an aromatic ring is 1. The Bertz CT molecular complexity index is 420. The van der Waals surface area contributed by atoms with E-state index in [9.17, 15) is 0 Å². The van der Waals surface area contributed by atoms with Crippen LogP contribution in [0, 0.1) is 0 Å². The van der Waals surface area contributed by atoms with Crippen LogP contribution in [0.4, 0.5) is 11.4 Å². The number of hydrogen-bond acceptors (Lipinski definition) is 2. The van der Waals surface area contributed by atoms with Crippen LogP contribution in [0.3, 0.4) is 0 Å². The molecule has 0 fully saturated rings. The minimum atomic E-state index is 0.797. The maximum absolute atomic E-state index is 5.74. The molecule has 78 valence electrons. The molecule has 2 aromatic rings. The third-order valence-corrected chi connectivity index (χ3v) is 2.38. The summed E-state index contributed by atoms with van der Waals surface area (Å²) in [6.07, 6.45) is 1.93. The Morgan fingerprint density at radius 3 is 2.80 bits per heavy atom. The summed E-state index contributed by atoms with van der Waals surface area (Å²) < 4.78 is 0. The van der Waals surface area contributed by atoms with Crippen LogP contribution < -0.4 is 10.6 Å². The van der Waals surface area contributed by atoms with Gasteiger partial charge in [0.15, 0.2) is 0 Å². The van der Waals surface area contributed by atoms with Gasteiger partial charge in [0.25, 0.3) is 0 Å². The summed E-state index contributed by atoms with van der Waals surface area (Å²) in [5.74, 6) is 0. The maximum atomic E-state index is 5.74. The summed E-state index contributed by atoms with van der Waals surface area (Å²) in [7, 11) is 2.05. The van der Waals surface area contributed by atoms with E-state index in [1.165, 1.54) is 5.69 Å². The number of aromatic nitrogens is 1. The average Bonchev–Trinajstić information content (AvgIpc) is 2.70. The summed E-state index contributed by atoms with van der Waals surface area (Å²) in [5.41, 5.74) is 8.86. The van der Waals surface area contributed by atoms with Crippen LogP contribution in [0.2, 0.25) is 0 Å². The zero-order valence-electron chi connectivity index (χ0n) is 8.77. The zero-order valence-corrected chi connectivity index (χ0v) is 8.77.